The highest BCUT2D eigenvalue weighted by Gasteiger charge is 2.09. The van der Waals surface area contributed by atoms with Gasteiger partial charge in [-0.25, -0.2) is 0 Å². The van der Waals surface area contributed by atoms with Crippen LogP contribution in [0.2, 0.25) is 0 Å². The zero-order chi connectivity index (χ0) is 14.5. The summed E-state index contributed by atoms with van der Waals surface area (Å²) in [4.78, 5) is 0. The van der Waals surface area contributed by atoms with Crippen LogP contribution in [0.3, 0.4) is 0 Å². The molecule has 104 valence electrons. The molecule has 0 aliphatic rings. The second kappa shape index (κ2) is 6.95. The molecule has 0 radical (unpaired) electrons. The Morgan fingerprint density at radius 2 is 1.05 bits per heavy atom. The lowest BCUT2D eigenvalue weighted by molar-refractivity contribution is 0.414. The van der Waals surface area contributed by atoms with E-state index in [-0.39, 0.29) is 0 Å². The minimum Gasteiger partial charge on any atom is -0.497 e. The van der Waals surface area contributed by atoms with Gasteiger partial charge in [-0.05, 0) is 67.3 Å². The zero-order valence-corrected chi connectivity index (χ0v) is 14.4. The third-order valence-corrected chi connectivity index (χ3v) is 3.74. The Morgan fingerprint density at radius 1 is 0.700 bits per heavy atom. The molecule has 0 unspecified atom stereocenters. The maximum Gasteiger partial charge on any atom is 0.118 e. The standard InChI is InChI=1S/C16H14Br2O2/c1-19-13-7-3-11(4-8-13)15(16(17)18)12-5-9-14(20-2)10-6-12/h3-10H,1-2H3. The minimum atomic E-state index is 0.841. The second-order valence-electron chi connectivity index (χ2n) is 4.09. The van der Waals surface area contributed by atoms with Crippen molar-refractivity contribution in [3.05, 3.63) is 63.0 Å². The Bertz CT molecular complexity index is 548. The number of ether oxygens (including phenoxy) is 2. The number of hydrogen-bond donors (Lipinski definition) is 0. The highest BCUT2D eigenvalue weighted by atomic mass is 79.9. The van der Waals surface area contributed by atoms with E-state index in [9.17, 15) is 0 Å². The molecule has 0 bridgehead atoms. The van der Waals surface area contributed by atoms with Gasteiger partial charge in [-0.2, -0.15) is 0 Å². The molecule has 0 heterocycles. The van der Waals surface area contributed by atoms with Gasteiger partial charge in [0.05, 0.1) is 17.6 Å². The lowest BCUT2D eigenvalue weighted by atomic mass is 9.99. The van der Waals surface area contributed by atoms with Crippen LogP contribution in [0.4, 0.5) is 0 Å². The second-order valence-corrected chi connectivity index (χ2v) is 6.74. The van der Waals surface area contributed by atoms with Crippen molar-refractivity contribution in [1.82, 2.24) is 0 Å². The van der Waals surface area contributed by atoms with Gasteiger partial charge in [0.15, 0.2) is 0 Å². The fraction of sp³-hybridized carbons (Fsp3) is 0.125. The predicted molar refractivity (Wildman–Crippen MR) is 89.9 cm³/mol. The molecule has 0 saturated heterocycles. The van der Waals surface area contributed by atoms with Crippen molar-refractivity contribution < 1.29 is 9.47 Å². The predicted octanol–water partition coefficient (Wildman–Crippen LogP) is 5.21. The quantitative estimate of drug-likeness (QED) is 0.704. The molecule has 0 aliphatic carbocycles. The van der Waals surface area contributed by atoms with Gasteiger partial charge >= 0.3 is 0 Å². The van der Waals surface area contributed by atoms with Gasteiger partial charge in [0, 0.05) is 5.57 Å². The lowest BCUT2D eigenvalue weighted by Gasteiger charge is -2.11. The van der Waals surface area contributed by atoms with Crippen molar-refractivity contribution in [2.45, 2.75) is 0 Å². The van der Waals surface area contributed by atoms with Crippen LogP contribution in [0.15, 0.2) is 51.9 Å². The summed E-state index contributed by atoms with van der Waals surface area (Å²) >= 11 is 7.04. The molecule has 0 atom stereocenters. The summed E-state index contributed by atoms with van der Waals surface area (Å²) in [6.45, 7) is 0. The van der Waals surface area contributed by atoms with E-state index in [4.69, 9.17) is 9.47 Å². The van der Waals surface area contributed by atoms with Gasteiger partial charge < -0.3 is 9.47 Å². The molecule has 0 aliphatic heterocycles. The smallest absolute Gasteiger partial charge is 0.118 e. The van der Waals surface area contributed by atoms with E-state index < -0.39 is 0 Å². The first-order chi connectivity index (χ1) is 9.65. The molecular weight excluding hydrogens is 384 g/mol. The average Bonchev–Trinajstić information content (AvgIpc) is 2.48. The van der Waals surface area contributed by atoms with E-state index in [1.807, 2.05) is 48.5 Å². The number of hydrogen-bond acceptors (Lipinski definition) is 2. The summed E-state index contributed by atoms with van der Waals surface area (Å²) in [5.74, 6) is 1.68. The SMILES string of the molecule is COc1ccc(C(=C(Br)Br)c2ccc(OC)cc2)cc1. The molecule has 0 spiro atoms. The van der Waals surface area contributed by atoms with Crippen LogP contribution in [-0.2, 0) is 0 Å². The first kappa shape index (κ1) is 15.1. The van der Waals surface area contributed by atoms with Crippen LogP contribution < -0.4 is 9.47 Å². The van der Waals surface area contributed by atoms with E-state index in [0.29, 0.717) is 0 Å². The summed E-state index contributed by atoms with van der Waals surface area (Å²) in [7, 11) is 3.32. The highest BCUT2D eigenvalue weighted by Crippen LogP contribution is 2.34. The highest BCUT2D eigenvalue weighted by molar-refractivity contribution is 9.28. The van der Waals surface area contributed by atoms with Gasteiger partial charge in [-0.1, -0.05) is 24.3 Å². The molecule has 2 aromatic rings. The normalized spacial score (nSPS) is 10.0. The first-order valence-corrected chi connectivity index (χ1v) is 7.58. The molecule has 20 heavy (non-hydrogen) atoms. The first-order valence-electron chi connectivity index (χ1n) is 6.00. The molecule has 0 aromatic heterocycles. The van der Waals surface area contributed by atoms with Crippen LogP contribution in [-0.4, -0.2) is 14.2 Å². The fourth-order valence-corrected chi connectivity index (χ4v) is 2.82. The van der Waals surface area contributed by atoms with E-state index in [2.05, 4.69) is 31.9 Å². The van der Waals surface area contributed by atoms with E-state index in [1.165, 1.54) is 0 Å². The van der Waals surface area contributed by atoms with Crippen molar-refractivity contribution >= 4 is 37.4 Å². The number of rotatable bonds is 4. The maximum absolute atomic E-state index is 5.19. The topological polar surface area (TPSA) is 18.5 Å². The minimum absolute atomic E-state index is 0.841. The molecular formula is C16H14Br2O2. The number of benzene rings is 2. The van der Waals surface area contributed by atoms with Crippen molar-refractivity contribution in [3.63, 3.8) is 0 Å². The Morgan fingerprint density at radius 3 is 1.30 bits per heavy atom. The summed E-state index contributed by atoms with van der Waals surface area (Å²) in [6.07, 6.45) is 0. The molecule has 0 N–H and O–H groups in total. The molecule has 2 nitrogen and oxygen atoms in total. The Kier molecular flexibility index (Phi) is 5.26. The summed E-state index contributed by atoms with van der Waals surface area (Å²) in [5.41, 5.74) is 3.27. The van der Waals surface area contributed by atoms with Gasteiger partial charge in [0.2, 0.25) is 0 Å². The number of halogens is 2. The largest absolute Gasteiger partial charge is 0.497 e. The van der Waals surface area contributed by atoms with E-state index >= 15 is 0 Å². The van der Waals surface area contributed by atoms with Gasteiger partial charge in [-0.3, -0.25) is 0 Å². The molecule has 0 amide bonds. The molecule has 0 saturated carbocycles. The average molecular weight is 398 g/mol. The summed E-state index contributed by atoms with van der Waals surface area (Å²) in [5, 5.41) is 0. The van der Waals surface area contributed by atoms with Gasteiger partial charge in [0.25, 0.3) is 0 Å². The van der Waals surface area contributed by atoms with Crippen molar-refractivity contribution in [3.8, 4) is 11.5 Å². The molecule has 2 rings (SSSR count). The number of methoxy groups -OCH3 is 2. The Labute approximate surface area is 135 Å². The van der Waals surface area contributed by atoms with Crippen molar-refractivity contribution in [2.75, 3.05) is 14.2 Å². The van der Waals surface area contributed by atoms with Crippen molar-refractivity contribution in [1.29, 1.82) is 0 Å². The fourth-order valence-electron chi connectivity index (χ4n) is 1.90. The monoisotopic (exact) mass is 396 g/mol. The van der Waals surface area contributed by atoms with Gasteiger partial charge in [0.1, 0.15) is 11.5 Å². The van der Waals surface area contributed by atoms with Crippen molar-refractivity contribution in [2.24, 2.45) is 0 Å². The van der Waals surface area contributed by atoms with Crippen LogP contribution in [0.25, 0.3) is 5.57 Å². The van der Waals surface area contributed by atoms with Crippen LogP contribution in [0.1, 0.15) is 11.1 Å². The van der Waals surface area contributed by atoms with Crippen LogP contribution >= 0.6 is 31.9 Å². The molecule has 0 fully saturated rings. The van der Waals surface area contributed by atoms with Crippen LogP contribution in [0, 0.1) is 0 Å². The molecule has 2 aromatic carbocycles. The third kappa shape index (κ3) is 3.44. The van der Waals surface area contributed by atoms with Gasteiger partial charge in [-0.15, -0.1) is 0 Å². The summed E-state index contributed by atoms with van der Waals surface area (Å²) in [6, 6.07) is 15.9. The Balaban J connectivity index is 2.42. The zero-order valence-electron chi connectivity index (χ0n) is 11.2. The lowest BCUT2D eigenvalue weighted by Crippen LogP contribution is -1.90. The maximum atomic E-state index is 5.19. The third-order valence-electron chi connectivity index (χ3n) is 2.95. The van der Waals surface area contributed by atoms with E-state index in [1.54, 1.807) is 14.2 Å². The Hall–Kier alpha value is -1.26. The van der Waals surface area contributed by atoms with Crippen LogP contribution in [0.5, 0.6) is 11.5 Å². The van der Waals surface area contributed by atoms with E-state index in [0.717, 1.165) is 31.6 Å². The summed E-state index contributed by atoms with van der Waals surface area (Å²) < 4.78 is 11.3. The molecule has 4 heteroatoms.